The summed E-state index contributed by atoms with van der Waals surface area (Å²) >= 11 is 6.15. The molecule has 142 valence electrons. The van der Waals surface area contributed by atoms with E-state index in [1.165, 1.54) is 25.1 Å². The molecule has 27 heavy (non-hydrogen) atoms. The fourth-order valence-electron chi connectivity index (χ4n) is 2.56. The van der Waals surface area contributed by atoms with E-state index in [0.29, 0.717) is 22.1 Å². The molecule has 0 saturated heterocycles. The molecule has 3 rings (SSSR count). The van der Waals surface area contributed by atoms with E-state index < -0.39 is 23.8 Å². The first-order chi connectivity index (χ1) is 12.6. The van der Waals surface area contributed by atoms with Crippen molar-refractivity contribution >= 4 is 34.2 Å². The Morgan fingerprint density at radius 2 is 1.96 bits per heavy atom. The van der Waals surface area contributed by atoms with Gasteiger partial charge in [0.15, 0.2) is 11.7 Å². The van der Waals surface area contributed by atoms with E-state index in [2.05, 4.69) is 5.32 Å². The zero-order chi connectivity index (χ0) is 19.8. The van der Waals surface area contributed by atoms with E-state index in [-0.39, 0.29) is 5.75 Å². The SMILES string of the molecule is Cc1cc2cc(NC(=O)[C@@H](C)Oc3cccc(C(F)(F)F)c3)cc(Cl)c2o1. The highest BCUT2D eigenvalue weighted by Crippen LogP contribution is 2.32. The number of carbonyl (C=O) groups is 1. The molecule has 1 amide bonds. The highest BCUT2D eigenvalue weighted by atomic mass is 35.5. The summed E-state index contributed by atoms with van der Waals surface area (Å²) < 4.78 is 49.1. The van der Waals surface area contributed by atoms with Gasteiger partial charge in [0.25, 0.3) is 5.91 Å². The molecule has 1 aromatic heterocycles. The van der Waals surface area contributed by atoms with Gasteiger partial charge in [-0.05, 0) is 50.2 Å². The largest absolute Gasteiger partial charge is 0.481 e. The summed E-state index contributed by atoms with van der Waals surface area (Å²) in [7, 11) is 0. The maximum Gasteiger partial charge on any atom is 0.416 e. The van der Waals surface area contributed by atoms with E-state index in [1.54, 1.807) is 19.1 Å². The van der Waals surface area contributed by atoms with Crippen LogP contribution in [0.15, 0.2) is 46.9 Å². The van der Waals surface area contributed by atoms with Crippen molar-refractivity contribution in [2.45, 2.75) is 26.1 Å². The summed E-state index contributed by atoms with van der Waals surface area (Å²) in [5.74, 6) is 0.103. The molecule has 2 aromatic carbocycles. The minimum atomic E-state index is -4.49. The van der Waals surface area contributed by atoms with E-state index >= 15 is 0 Å². The third-order valence-electron chi connectivity index (χ3n) is 3.81. The van der Waals surface area contributed by atoms with Gasteiger partial charge in [-0.25, -0.2) is 0 Å². The molecule has 0 unspecified atom stereocenters. The van der Waals surface area contributed by atoms with E-state index in [0.717, 1.165) is 17.5 Å². The van der Waals surface area contributed by atoms with Gasteiger partial charge in [0.1, 0.15) is 11.5 Å². The molecule has 1 atom stereocenters. The van der Waals surface area contributed by atoms with Crippen molar-refractivity contribution in [3.63, 3.8) is 0 Å². The van der Waals surface area contributed by atoms with Gasteiger partial charge in [0, 0.05) is 11.1 Å². The Balaban J connectivity index is 1.73. The number of carbonyl (C=O) groups excluding carboxylic acids is 1. The summed E-state index contributed by atoms with van der Waals surface area (Å²) in [6.45, 7) is 3.22. The van der Waals surface area contributed by atoms with Gasteiger partial charge in [-0.1, -0.05) is 17.7 Å². The van der Waals surface area contributed by atoms with Gasteiger partial charge in [0.2, 0.25) is 0 Å². The number of fused-ring (bicyclic) bond motifs is 1. The standard InChI is InChI=1S/C19H15ClF3NO3/c1-10-6-12-7-14(9-16(20)17(12)26-10)24-18(25)11(2)27-15-5-3-4-13(8-15)19(21,22)23/h3-9,11H,1-2H3,(H,24,25)/t11-/m1/s1. The average Bonchev–Trinajstić information content (AvgIpc) is 2.95. The number of furan rings is 1. The molecular weight excluding hydrogens is 383 g/mol. The second-order valence-corrected chi connectivity index (χ2v) is 6.42. The van der Waals surface area contributed by atoms with Crippen molar-refractivity contribution in [1.29, 1.82) is 0 Å². The Hall–Kier alpha value is -2.67. The smallest absolute Gasteiger partial charge is 0.416 e. The normalized spacial score (nSPS) is 12.8. The maximum atomic E-state index is 12.8. The minimum Gasteiger partial charge on any atom is -0.481 e. The van der Waals surface area contributed by atoms with Crippen molar-refractivity contribution in [2.24, 2.45) is 0 Å². The number of alkyl halides is 3. The number of nitrogens with one attached hydrogen (secondary N) is 1. The predicted octanol–water partition coefficient (Wildman–Crippen LogP) is 5.82. The average molecular weight is 398 g/mol. The summed E-state index contributed by atoms with van der Waals surface area (Å²) in [6.07, 6.45) is -5.51. The van der Waals surface area contributed by atoms with Crippen LogP contribution in [-0.4, -0.2) is 12.0 Å². The zero-order valence-electron chi connectivity index (χ0n) is 14.4. The lowest BCUT2D eigenvalue weighted by Crippen LogP contribution is -2.30. The van der Waals surface area contributed by atoms with Gasteiger partial charge in [-0.2, -0.15) is 13.2 Å². The first kappa shape index (κ1) is 19.1. The third-order valence-corrected chi connectivity index (χ3v) is 4.09. The van der Waals surface area contributed by atoms with Gasteiger partial charge >= 0.3 is 6.18 Å². The van der Waals surface area contributed by atoms with Crippen LogP contribution >= 0.6 is 11.6 Å². The number of aryl methyl sites for hydroxylation is 1. The topological polar surface area (TPSA) is 51.5 Å². The van der Waals surface area contributed by atoms with E-state index in [4.69, 9.17) is 20.8 Å². The van der Waals surface area contributed by atoms with Gasteiger partial charge in [0.05, 0.1) is 10.6 Å². The molecule has 0 bridgehead atoms. The fraction of sp³-hybridized carbons (Fsp3) is 0.211. The van der Waals surface area contributed by atoms with Crippen molar-refractivity contribution in [1.82, 2.24) is 0 Å². The van der Waals surface area contributed by atoms with Gasteiger partial charge in [-0.15, -0.1) is 0 Å². The Morgan fingerprint density at radius 1 is 1.22 bits per heavy atom. The number of benzene rings is 2. The molecule has 0 aliphatic carbocycles. The first-order valence-corrected chi connectivity index (χ1v) is 8.36. The highest BCUT2D eigenvalue weighted by Gasteiger charge is 2.31. The Bertz CT molecular complexity index is 998. The summed E-state index contributed by atoms with van der Waals surface area (Å²) in [6, 6.07) is 9.35. The Labute approximate surface area is 157 Å². The van der Waals surface area contributed by atoms with Crippen molar-refractivity contribution in [3.05, 3.63) is 58.8 Å². The maximum absolute atomic E-state index is 12.8. The number of hydrogen-bond donors (Lipinski definition) is 1. The fourth-order valence-corrected chi connectivity index (χ4v) is 2.82. The van der Waals surface area contributed by atoms with Crippen LogP contribution in [0.5, 0.6) is 5.75 Å². The predicted molar refractivity (Wildman–Crippen MR) is 96.1 cm³/mol. The second-order valence-electron chi connectivity index (χ2n) is 6.01. The monoisotopic (exact) mass is 397 g/mol. The molecule has 1 N–H and O–H groups in total. The molecule has 3 aromatic rings. The molecule has 0 saturated carbocycles. The number of rotatable bonds is 4. The number of anilines is 1. The third kappa shape index (κ3) is 4.36. The van der Waals surface area contributed by atoms with Crippen molar-refractivity contribution in [2.75, 3.05) is 5.32 Å². The van der Waals surface area contributed by atoms with Crippen LogP contribution in [0, 0.1) is 6.92 Å². The van der Waals surface area contributed by atoms with Crippen molar-refractivity contribution < 1.29 is 27.1 Å². The number of hydrogen-bond acceptors (Lipinski definition) is 3. The Morgan fingerprint density at radius 3 is 2.67 bits per heavy atom. The van der Waals surface area contributed by atoms with E-state index in [9.17, 15) is 18.0 Å². The van der Waals surface area contributed by atoms with Crippen LogP contribution in [0.2, 0.25) is 5.02 Å². The van der Waals surface area contributed by atoms with Crippen LogP contribution < -0.4 is 10.1 Å². The summed E-state index contributed by atoms with van der Waals surface area (Å²) in [5, 5.41) is 3.70. The lowest BCUT2D eigenvalue weighted by Gasteiger charge is -2.16. The number of halogens is 4. The van der Waals surface area contributed by atoms with Gasteiger partial charge in [-0.3, -0.25) is 4.79 Å². The molecule has 0 fully saturated rings. The quantitative estimate of drug-likeness (QED) is 0.603. The second kappa shape index (κ2) is 7.15. The highest BCUT2D eigenvalue weighted by molar-refractivity contribution is 6.35. The molecule has 0 aliphatic rings. The van der Waals surface area contributed by atoms with Crippen LogP contribution in [0.25, 0.3) is 11.0 Å². The zero-order valence-corrected chi connectivity index (χ0v) is 15.1. The molecule has 0 radical (unpaired) electrons. The van der Waals surface area contributed by atoms with Gasteiger partial charge < -0.3 is 14.5 Å². The number of ether oxygens (including phenoxy) is 1. The van der Waals surface area contributed by atoms with Crippen LogP contribution in [-0.2, 0) is 11.0 Å². The van der Waals surface area contributed by atoms with Crippen LogP contribution in [0.1, 0.15) is 18.2 Å². The van der Waals surface area contributed by atoms with Crippen LogP contribution in [0.4, 0.5) is 18.9 Å². The molecule has 1 heterocycles. The number of amides is 1. The molecule has 4 nitrogen and oxygen atoms in total. The lowest BCUT2D eigenvalue weighted by molar-refractivity contribution is -0.137. The Kier molecular flexibility index (Phi) is 5.06. The minimum absolute atomic E-state index is 0.0496. The molecule has 8 heteroatoms. The van der Waals surface area contributed by atoms with Crippen molar-refractivity contribution in [3.8, 4) is 5.75 Å². The molecule has 0 spiro atoms. The van der Waals surface area contributed by atoms with Crippen LogP contribution in [0.3, 0.4) is 0 Å². The lowest BCUT2D eigenvalue weighted by atomic mass is 10.2. The molecular formula is C19H15ClF3NO3. The molecule has 0 aliphatic heterocycles. The summed E-state index contributed by atoms with van der Waals surface area (Å²) in [5.41, 5.74) is 0.0957. The first-order valence-electron chi connectivity index (χ1n) is 7.98. The summed E-state index contributed by atoms with van der Waals surface area (Å²) in [4.78, 5) is 12.3. The van der Waals surface area contributed by atoms with E-state index in [1.807, 2.05) is 0 Å².